The summed E-state index contributed by atoms with van der Waals surface area (Å²) in [5.74, 6) is -0.549. The molecule has 0 bridgehead atoms. The lowest BCUT2D eigenvalue weighted by atomic mass is 9.90. The van der Waals surface area contributed by atoms with Crippen molar-refractivity contribution in [1.29, 1.82) is 0 Å². The quantitative estimate of drug-likeness (QED) is 0.687. The molecule has 2 aliphatic rings. The van der Waals surface area contributed by atoms with Crippen LogP contribution in [0.3, 0.4) is 0 Å². The number of hydrogen-bond donors (Lipinski definition) is 3. The van der Waals surface area contributed by atoms with Crippen LogP contribution in [-0.4, -0.2) is 43.2 Å². The Morgan fingerprint density at radius 1 is 0.963 bits per heavy atom. The summed E-state index contributed by atoms with van der Waals surface area (Å²) >= 11 is 0. The molecule has 1 unspecified atom stereocenters. The maximum absolute atomic E-state index is 11.9. The van der Waals surface area contributed by atoms with Crippen molar-refractivity contribution in [2.75, 3.05) is 25.1 Å². The van der Waals surface area contributed by atoms with E-state index in [4.69, 9.17) is 10.8 Å². The second-order valence-electron chi connectivity index (χ2n) is 5.92. The molecule has 2 amide bonds. The molecule has 0 aromatic heterocycles. The molecule has 1 atom stereocenters. The Balaban J connectivity index is 0.00000103. The molecule has 2 saturated heterocycles. The van der Waals surface area contributed by atoms with Crippen molar-refractivity contribution < 1.29 is 14.7 Å². The van der Waals surface area contributed by atoms with Crippen molar-refractivity contribution in [2.45, 2.75) is 65.3 Å². The lowest BCUT2D eigenvalue weighted by molar-refractivity contribution is -0.134. The molecule has 4 N–H and O–H groups in total. The molecule has 2 fully saturated rings. The van der Waals surface area contributed by atoms with Crippen LogP contribution >= 0.6 is 0 Å². The van der Waals surface area contributed by atoms with Crippen molar-refractivity contribution in [3.63, 3.8) is 0 Å². The van der Waals surface area contributed by atoms with Crippen LogP contribution in [0.5, 0.6) is 0 Å². The monoisotopic (exact) mass is 379 g/mol. The predicted molar refractivity (Wildman–Crippen MR) is 112 cm³/mol. The second-order valence-corrected chi connectivity index (χ2v) is 5.92. The first kappa shape index (κ1) is 25.1. The normalized spacial score (nSPS) is 19.4. The Morgan fingerprint density at radius 3 is 1.96 bits per heavy atom. The number of nitrogens with two attached hydrogens (primary N) is 1. The Morgan fingerprint density at radius 2 is 1.48 bits per heavy atom. The highest BCUT2D eigenvalue weighted by molar-refractivity contribution is 6.00. The number of amides is 2. The van der Waals surface area contributed by atoms with E-state index in [1.165, 1.54) is 5.69 Å². The highest BCUT2D eigenvalue weighted by atomic mass is 16.2. The summed E-state index contributed by atoms with van der Waals surface area (Å²) in [4.78, 5) is 25.4. The van der Waals surface area contributed by atoms with Gasteiger partial charge in [0.2, 0.25) is 11.8 Å². The van der Waals surface area contributed by atoms with Crippen LogP contribution < -0.4 is 16.0 Å². The van der Waals surface area contributed by atoms with Gasteiger partial charge in [0.15, 0.2) is 0 Å². The Bertz CT molecular complexity index is 538. The third kappa shape index (κ3) is 7.69. The van der Waals surface area contributed by atoms with E-state index in [9.17, 15) is 9.59 Å². The van der Waals surface area contributed by atoms with E-state index in [0.29, 0.717) is 18.9 Å². The second kappa shape index (κ2) is 14.2. The molecule has 154 valence electrons. The number of rotatable bonds is 2. The van der Waals surface area contributed by atoms with Gasteiger partial charge in [-0.05, 0) is 37.0 Å². The number of carbonyl (C=O) groups excluding carboxylic acids is 2. The summed E-state index contributed by atoms with van der Waals surface area (Å²) in [6, 6.07) is 8.46. The zero-order valence-corrected chi connectivity index (χ0v) is 17.5. The molecule has 2 aliphatic heterocycles. The Kier molecular flexibility index (Phi) is 13.2. The number of imide groups is 1. The van der Waals surface area contributed by atoms with Crippen molar-refractivity contribution in [1.82, 2.24) is 5.32 Å². The fourth-order valence-corrected chi connectivity index (χ4v) is 3.09. The number of anilines is 1. The molecule has 2 heterocycles. The molecule has 0 aliphatic carbocycles. The maximum Gasteiger partial charge on any atom is 0.234 e. The topological polar surface area (TPSA) is 95.7 Å². The van der Waals surface area contributed by atoms with Crippen molar-refractivity contribution in [2.24, 2.45) is 5.73 Å². The van der Waals surface area contributed by atoms with Gasteiger partial charge in [0.25, 0.3) is 0 Å². The highest BCUT2D eigenvalue weighted by Gasteiger charge is 2.28. The van der Waals surface area contributed by atoms with Crippen molar-refractivity contribution in [3.8, 4) is 0 Å². The molecule has 3 rings (SSSR count). The van der Waals surface area contributed by atoms with E-state index in [1.807, 2.05) is 39.8 Å². The number of aliphatic hydroxyl groups is 1. The minimum absolute atomic E-state index is 0.169. The summed E-state index contributed by atoms with van der Waals surface area (Å²) in [5.41, 5.74) is 8.09. The summed E-state index contributed by atoms with van der Waals surface area (Å²) in [6.45, 7) is 9.97. The zero-order chi connectivity index (χ0) is 20.8. The Hall–Kier alpha value is -1.92. The first-order valence-corrected chi connectivity index (χ1v) is 10.0. The van der Waals surface area contributed by atoms with Gasteiger partial charge < -0.3 is 15.7 Å². The molecule has 1 aromatic carbocycles. The third-order valence-electron chi connectivity index (χ3n) is 4.44. The minimum Gasteiger partial charge on any atom is -0.400 e. The fourth-order valence-electron chi connectivity index (χ4n) is 3.09. The van der Waals surface area contributed by atoms with Gasteiger partial charge in [-0.3, -0.25) is 14.9 Å². The lowest BCUT2D eigenvalue weighted by Gasteiger charge is -2.32. The molecule has 6 nitrogen and oxygen atoms in total. The van der Waals surface area contributed by atoms with Crippen LogP contribution in [0.25, 0.3) is 0 Å². The number of carbonyl (C=O) groups is 2. The number of aliphatic hydroxyl groups excluding tert-OH is 1. The third-order valence-corrected chi connectivity index (χ3v) is 4.44. The smallest absolute Gasteiger partial charge is 0.234 e. The minimum atomic E-state index is -0.202. The van der Waals surface area contributed by atoms with E-state index < -0.39 is 0 Å². The van der Waals surface area contributed by atoms with Crippen LogP contribution in [0.2, 0.25) is 0 Å². The molecule has 1 aromatic rings. The fraction of sp³-hybridized carbons (Fsp3) is 0.619. The van der Waals surface area contributed by atoms with Gasteiger partial charge in [0, 0.05) is 38.3 Å². The molecular weight excluding hydrogens is 342 g/mol. The number of nitrogens with zero attached hydrogens (tertiary/aromatic N) is 1. The van der Waals surface area contributed by atoms with Crippen molar-refractivity contribution in [3.05, 3.63) is 29.8 Å². The molecule has 6 heteroatoms. The summed E-state index contributed by atoms with van der Waals surface area (Å²) < 4.78 is 0. The summed E-state index contributed by atoms with van der Waals surface area (Å²) in [7, 11) is 1.00. The number of nitrogens with one attached hydrogen (secondary N) is 1. The van der Waals surface area contributed by atoms with Gasteiger partial charge in [-0.1, -0.05) is 39.8 Å². The Labute approximate surface area is 164 Å². The molecule has 0 radical (unpaired) electrons. The molecule has 27 heavy (non-hydrogen) atoms. The van der Waals surface area contributed by atoms with Crippen molar-refractivity contribution >= 4 is 17.5 Å². The zero-order valence-electron chi connectivity index (χ0n) is 17.5. The standard InChI is InChI=1S/C16H21N3O2.2C2H6.CH4O/c17-12-7-9-19(10-8-12)13-3-1-11(2-4-13)14-5-6-15(20)18-16(14)21;3*1-2/h1-4,12,14H,5-10,17H2,(H,18,20,21);2*1-2H3;2H,1H3. The summed E-state index contributed by atoms with van der Waals surface area (Å²) in [5, 5.41) is 9.41. The first-order chi connectivity index (χ1) is 13.1. The average molecular weight is 380 g/mol. The molecular formula is C21H37N3O3. The lowest BCUT2D eigenvalue weighted by Crippen LogP contribution is -2.40. The van der Waals surface area contributed by atoms with Gasteiger partial charge >= 0.3 is 0 Å². The molecule has 0 saturated carbocycles. The maximum atomic E-state index is 11.9. The van der Waals surface area contributed by atoms with Crippen LogP contribution in [0.4, 0.5) is 5.69 Å². The largest absolute Gasteiger partial charge is 0.400 e. The van der Waals surface area contributed by atoms with Crippen LogP contribution in [0.1, 0.15) is 64.9 Å². The van der Waals surface area contributed by atoms with E-state index in [-0.39, 0.29) is 17.7 Å². The van der Waals surface area contributed by atoms with E-state index in [0.717, 1.165) is 38.6 Å². The van der Waals surface area contributed by atoms with Crippen LogP contribution in [-0.2, 0) is 9.59 Å². The van der Waals surface area contributed by atoms with Crippen LogP contribution in [0.15, 0.2) is 24.3 Å². The average Bonchev–Trinajstić information content (AvgIpc) is 2.73. The first-order valence-electron chi connectivity index (χ1n) is 10.0. The molecule has 0 spiro atoms. The van der Waals surface area contributed by atoms with E-state index >= 15 is 0 Å². The van der Waals surface area contributed by atoms with E-state index in [1.54, 1.807) is 0 Å². The van der Waals surface area contributed by atoms with Crippen LogP contribution in [0, 0.1) is 0 Å². The number of benzene rings is 1. The van der Waals surface area contributed by atoms with Gasteiger partial charge in [0.05, 0.1) is 5.92 Å². The van der Waals surface area contributed by atoms with Gasteiger partial charge in [0.1, 0.15) is 0 Å². The predicted octanol–water partition coefficient (Wildman–Crippen LogP) is 2.80. The van der Waals surface area contributed by atoms with Gasteiger partial charge in [-0.15, -0.1) is 0 Å². The summed E-state index contributed by atoms with van der Waals surface area (Å²) in [6.07, 6.45) is 3.06. The van der Waals surface area contributed by atoms with Gasteiger partial charge in [-0.25, -0.2) is 0 Å². The number of hydrogen-bond acceptors (Lipinski definition) is 5. The van der Waals surface area contributed by atoms with Gasteiger partial charge in [-0.2, -0.15) is 0 Å². The number of piperidine rings is 2. The SMILES string of the molecule is CC.CC.CO.NC1CCN(c2ccc(C3CCC(=O)NC3=O)cc2)CC1. The highest BCUT2D eigenvalue weighted by Crippen LogP contribution is 2.27. The van der Waals surface area contributed by atoms with E-state index in [2.05, 4.69) is 22.3 Å².